The first-order valence-electron chi connectivity index (χ1n) is 7.32. The summed E-state index contributed by atoms with van der Waals surface area (Å²) in [4.78, 5) is 0. The fraction of sp³-hybridized carbons (Fsp3) is 0.600. The number of benzene rings is 1. The van der Waals surface area contributed by atoms with Crippen LogP contribution < -0.4 is 15.2 Å². The van der Waals surface area contributed by atoms with Gasteiger partial charge < -0.3 is 10.5 Å². The molecule has 1 aromatic rings. The number of fused-ring (bicyclic) bond motifs is 1. The Labute approximate surface area is 125 Å². The average molecular weight is 310 g/mol. The smallest absolute Gasteiger partial charge is 0.212 e. The van der Waals surface area contributed by atoms with Crippen LogP contribution in [-0.2, 0) is 10.0 Å². The van der Waals surface area contributed by atoms with Gasteiger partial charge in [0.05, 0.1) is 11.8 Å². The summed E-state index contributed by atoms with van der Waals surface area (Å²) in [6, 6.07) is 5.11. The molecule has 116 valence electrons. The van der Waals surface area contributed by atoms with E-state index < -0.39 is 15.6 Å². The zero-order valence-corrected chi connectivity index (χ0v) is 13.2. The van der Waals surface area contributed by atoms with E-state index in [4.69, 9.17) is 10.5 Å². The van der Waals surface area contributed by atoms with Crippen LogP contribution in [-0.4, -0.2) is 19.8 Å². The lowest BCUT2D eigenvalue weighted by Gasteiger charge is -2.37. The van der Waals surface area contributed by atoms with Gasteiger partial charge in [-0.2, -0.15) is 0 Å². The van der Waals surface area contributed by atoms with Gasteiger partial charge in [0.25, 0.3) is 0 Å². The summed E-state index contributed by atoms with van der Waals surface area (Å²) in [6.07, 6.45) is 2.63. The molecule has 1 aliphatic carbocycles. The molecule has 6 heteroatoms. The topological polar surface area (TPSA) is 81.4 Å². The van der Waals surface area contributed by atoms with Crippen LogP contribution in [0.3, 0.4) is 0 Å². The van der Waals surface area contributed by atoms with Crippen LogP contribution in [0.1, 0.15) is 44.7 Å². The van der Waals surface area contributed by atoms with Crippen molar-refractivity contribution in [1.82, 2.24) is 4.72 Å². The number of nitrogens with one attached hydrogen (secondary N) is 1. The lowest BCUT2D eigenvalue weighted by molar-refractivity contribution is 0.0702. The number of sulfonamides is 1. The van der Waals surface area contributed by atoms with Crippen molar-refractivity contribution in [2.75, 3.05) is 11.5 Å². The third-order valence-corrected chi connectivity index (χ3v) is 5.52. The second kappa shape index (κ2) is 4.88. The molecule has 1 atom stereocenters. The van der Waals surface area contributed by atoms with E-state index in [9.17, 15) is 8.42 Å². The maximum Gasteiger partial charge on any atom is 0.212 e. The zero-order valence-electron chi connectivity index (χ0n) is 12.4. The first-order chi connectivity index (χ1) is 9.74. The average Bonchev–Trinajstić information content (AvgIpc) is 3.11. The Morgan fingerprint density at radius 1 is 1.38 bits per heavy atom. The minimum Gasteiger partial charge on any atom is -0.487 e. The fourth-order valence-electron chi connectivity index (χ4n) is 2.84. The highest BCUT2D eigenvalue weighted by Crippen LogP contribution is 2.41. The summed E-state index contributed by atoms with van der Waals surface area (Å²) >= 11 is 0. The Balaban J connectivity index is 1.88. The minimum atomic E-state index is -3.27. The maximum atomic E-state index is 12.3. The van der Waals surface area contributed by atoms with Gasteiger partial charge in [-0.1, -0.05) is 0 Å². The summed E-state index contributed by atoms with van der Waals surface area (Å²) in [5, 5.41) is 0. The van der Waals surface area contributed by atoms with E-state index in [0.29, 0.717) is 23.8 Å². The largest absolute Gasteiger partial charge is 0.487 e. The molecular weight excluding hydrogens is 288 g/mol. The van der Waals surface area contributed by atoms with Crippen molar-refractivity contribution in [2.45, 2.75) is 44.8 Å². The molecule has 0 radical (unpaired) electrons. The number of hydrogen-bond donors (Lipinski definition) is 2. The molecular formula is C15H22N2O3S. The van der Waals surface area contributed by atoms with Crippen molar-refractivity contribution in [3.05, 3.63) is 23.8 Å². The van der Waals surface area contributed by atoms with Gasteiger partial charge in [0.1, 0.15) is 11.4 Å². The van der Waals surface area contributed by atoms with Crippen LogP contribution in [0.15, 0.2) is 18.2 Å². The molecule has 2 aliphatic rings. The molecule has 0 saturated heterocycles. The second-order valence-electron chi connectivity index (χ2n) is 6.76. The Kier molecular flexibility index (Phi) is 3.41. The van der Waals surface area contributed by atoms with Gasteiger partial charge in [-0.15, -0.1) is 0 Å². The second-order valence-corrected chi connectivity index (χ2v) is 8.56. The molecule has 0 bridgehead atoms. The van der Waals surface area contributed by atoms with Crippen molar-refractivity contribution < 1.29 is 13.2 Å². The van der Waals surface area contributed by atoms with E-state index >= 15 is 0 Å². The Morgan fingerprint density at radius 2 is 2.10 bits per heavy atom. The normalized spacial score (nSPS) is 24.2. The van der Waals surface area contributed by atoms with E-state index in [2.05, 4.69) is 4.72 Å². The third-order valence-electron chi connectivity index (χ3n) is 3.97. The molecule has 5 nitrogen and oxygen atoms in total. The van der Waals surface area contributed by atoms with Crippen LogP contribution in [0.2, 0.25) is 0 Å². The molecule has 1 aromatic carbocycles. The van der Waals surface area contributed by atoms with Crippen molar-refractivity contribution in [2.24, 2.45) is 5.92 Å². The number of hydrogen-bond acceptors (Lipinski definition) is 4. The Bertz CT molecular complexity index is 651. The molecule has 0 aromatic heterocycles. The van der Waals surface area contributed by atoms with E-state index in [1.807, 2.05) is 19.9 Å². The van der Waals surface area contributed by atoms with Gasteiger partial charge in [-0.3, -0.25) is 0 Å². The maximum absolute atomic E-state index is 12.3. The molecule has 3 N–H and O–H groups in total. The van der Waals surface area contributed by atoms with Gasteiger partial charge in [-0.05, 0) is 50.8 Å². The van der Waals surface area contributed by atoms with Crippen molar-refractivity contribution in [3.8, 4) is 5.75 Å². The highest BCUT2D eigenvalue weighted by molar-refractivity contribution is 7.89. The van der Waals surface area contributed by atoms with Crippen LogP contribution in [0.25, 0.3) is 0 Å². The van der Waals surface area contributed by atoms with Gasteiger partial charge in [0, 0.05) is 17.7 Å². The lowest BCUT2D eigenvalue weighted by atomic mass is 9.90. The summed E-state index contributed by atoms with van der Waals surface area (Å²) in [7, 11) is -3.27. The van der Waals surface area contributed by atoms with Gasteiger partial charge in [0.15, 0.2) is 0 Å². The fourth-order valence-corrected chi connectivity index (χ4v) is 4.53. The number of nitrogen functional groups attached to an aromatic ring is 1. The predicted octanol–water partition coefficient (Wildman–Crippen LogP) is 2.20. The summed E-state index contributed by atoms with van der Waals surface area (Å²) < 4.78 is 33.3. The number of rotatable bonds is 4. The van der Waals surface area contributed by atoms with Crippen LogP contribution in [0.5, 0.6) is 5.75 Å². The Morgan fingerprint density at radius 3 is 2.76 bits per heavy atom. The van der Waals surface area contributed by atoms with E-state index in [1.165, 1.54) is 0 Å². The zero-order chi connectivity index (χ0) is 15.3. The van der Waals surface area contributed by atoms with Crippen molar-refractivity contribution in [3.63, 3.8) is 0 Å². The van der Waals surface area contributed by atoms with Gasteiger partial charge >= 0.3 is 0 Å². The number of anilines is 1. The molecule has 1 fully saturated rings. The first kappa shape index (κ1) is 14.7. The molecule has 1 unspecified atom stereocenters. The molecule has 0 spiro atoms. The minimum absolute atomic E-state index is 0.225. The quantitative estimate of drug-likeness (QED) is 0.835. The van der Waals surface area contributed by atoms with Crippen molar-refractivity contribution >= 4 is 15.7 Å². The predicted molar refractivity (Wildman–Crippen MR) is 82.6 cm³/mol. The first-order valence-corrected chi connectivity index (χ1v) is 8.98. The number of nitrogens with two attached hydrogens (primary N) is 1. The standard InChI is InChI=1S/C15H22N2O3S/c1-15(2)8-13(17-21(18,19)9-10-3-4-10)12-7-11(16)5-6-14(12)20-15/h5-7,10,13,17H,3-4,8-9,16H2,1-2H3. The van der Waals surface area contributed by atoms with E-state index in [1.54, 1.807) is 12.1 Å². The van der Waals surface area contributed by atoms with Crippen molar-refractivity contribution in [1.29, 1.82) is 0 Å². The highest BCUT2D eigenvalue weighted by Gasteiger charge is 2.37. The molecule has 1 heterocycles. The van der Waals surface area contributed by atoms with Crippen LogP contribution in [0, 0.1) is 5.92 Å². The van der Waals surface area contributed by atoms with Crippen LogP contribution >= 0.6 is 0 Å². The lowest BCUT2D eigenvalue weighted by Crippen LogP contribution is -2.42. The molecule has 0 amide bonds. The summed E-state index contributed by atoms with van der Waals surface area (Å²) in [5.41, 5.74) is 6.87. The molecule has 3 rings (SSSR count). The summed E-state index contributed by atoms with van der Waals surface area (Å²) in [6.45, 7) is 3.93. The van der Waals surface area contributed by atoms with Gasteiger partial charge in [0.2, 0.25) is 10.0 Å². The summed E-state index contributed by atoms with van der Waals surface area (Å²) in [5.74, 6) is 1.26. The Hall–Kier alpha value is -1.27. The molecule has 1 saturated carbocycles. The van der Waals surface area contributed by atoms with Gasteiger partial charge in [-0.25, -0.2) is 13.1 Å². The van der Waals surface area contributed by atoms with Crippen LogP contribution in [0.4, 0.5) is 5.69 Å². The monoisotopic (exact) mass is 310 g/mol. The highest BCUT2D eigenvalue weighted by atomic mass is 32.2. The SMILES string of the molecule is CC1(C)CC(NS(=O)(=O)CC2CC2)c2cc(N)ccc2O1. The third kappa shape index (κ3) is 3.49. The molecule has 1 aliphatic heterocycles. The van der Waals surface area contributed by atoms with E-state index in [0.717, 1.165) is 18.4 Å². The van der Waals surface area contributed by atoms with E-state index in [-0.39, 0.29) is 11.8 Å². The number of ether oxygens (including phenoxy) is 1. The molecule has 21 heavy (non-hydrogen) atoms.